The summed E-state index contributed by atoms with van der Waals surface area (Å²) in [5.41, 5.74) is 2.81. The lowest BCUT2D eigenvalue weighted by molar-refractivity contribution is 0.600. The van der Waals surface area contributed by atoms with Gasteiger partial charge in [0.2, 0.25) is 10.0 Å². The third-order valence-corrected chi connectivity index (χ3v) is 7.59. The van der Waals surface area contributed by atoms with Gasteiger partial charge in [0, 0.05) is 29.3 Å². The Morgan fingerprint density at radius 3 is 2.70 bits per heavy atom. The fourth-order valence-corrected chi connectivity index (χ4v) is 6.16. The molecule has 7 heteroatoms. The van der Waals surface area contributed by atoms with E-state index >= 15 is 0 Å². The number of benzene rings is 1. The molecule has 3 aromatic rings. The minimum atomic E-state index is -3.75. The summed E-state index contributed by atoms with van der Waals surface area (Å²) >= 11 is 1.29. The number of nitrogens with zero attached hydrogens (tertiary/aromatic N) is 2. The number of imidazole rings is 1. The molecular weight excluding hydrogens is 378 g/mol. The SMILES string of the molecule is CC(C)Cc1cc(-c2ccc([C@@H]3CCc4nccn43)cc2)c(S(N)(=O)=O)s1. The van der Waals surface area contributed by atoms with Crippen LogP contribution < -0.4 is 5.14 Å². The molecule has 3 heterocycles. The van der Waals surface area contributed by atoms with Crippen molar-refractivity contribution in [2.75, 3.05) is 0 Å². The molecule has 0 radical (unpaired) electrons. The van der Waals surface area contributed by atoms with E-state index in [-0.39, 0.29) is 4.21 Å². The number of primary sulfonamides is 1. The molecule has 142 valence electrons. The zero-order chi connectivity index (χ0) is 19.2. The average molecular weight is 402 g/mol. The third kappa shape index (κ3) is 3.59. The maximum Gasteiger partial charge on any atom is 0.248 e. The monoisotopic (exact) mass is 401 g/mol. The van der Waals surface area contributed by atoms with Gasteiger partial charge in [-0.1, -0.05) is 38.1 Å². The number of rotatable bonds is 5. The van der Waals surface area contributed by atoms with Gasteiger partial charge in [0.05, 0.1) is 6.04 Å². The number of aromatic nitrogens is 2. The van der Waals surface area contributed by atoms with Gasteiger partial charge >= 0.3 is 0 Å². The molecule has 0 saturated carbocycles. The van der Waals surface area contributed by atoms with Crippen molar-refractivity contribution < 1.29 is 8.42 Å². The molecule has 0 fully saturated rings. The molecule has 1 aromatic carbocycles. The molecule has 0 amide bonds. The molecule has 0 aliphatic carbocycles. The van der Waals surface area contributed by atoms with Crippen molar-refractivity contribution in [2.24, 2.45) is 11.1 Å². The van der Waals surface area contributed by atoms with Crippen molar-refractivity contribution in [3.63, 3.8) is 0 Å². The van der Waals surface area contributed by atoms with Gasteiger partial charge in [-0.15, -0.1) is 11.3 Å². The highest BCUT2D eigenvalue weighted by molar-refractivity contribution is 7.91. The summed E-state index contributed by atoms with van der Waals surface area (Å²) in [6.45, 7) is 4.24. The average Bonchev–Trinajstić information content (AvgIpc) is 3.28. The molecule has 0 unspecified atom stereocenters. The van der Waals surface area contributed by atoms with E-state index in [1.54, 1.807) is 0 Å². The second-order valence-electron chi connectivity index (χ2n) is 7.48. The topological polar surface area (TPSA) is 78.0 Å². The van der Waals surface area contributed by atoms with Crippen LogP contribution in [0.15, 0.2) is 46.9 Å². The maximum absolute atomic E-state index is 12.1. The smallest absolute Gasteiger partial charge is 0.248 e. The molecule has 27 heavy (non-hydrogen) atoms. The molecule has 0 saturated heterocycles. The maximum atomic E-state index is 12.1. The van der Waals surface area contributed by atoms with Crippen LogP contribution in [-0.2, 0) is 22.9 Å². The van der Waals surface area contributed by atoms with E-state index in [2.05, 4.69) is 35.5 Å². The zero-order valence-corrected chi connectivity index (χ0v) is 17.1. The number of thiophene rings is 1. The van der Waals surface area contributed by atoms with Crippen molar-refractivity contribution in [1.29, 1.82) is 0 Å². The molecule has 1 atom stereocenters. The van der Waals surface area contributed by atoms with Crippen molar-refractivity contribution in [1.82, 2.24) is 9.55 Å². The second-order valence-corrected chi connectivity index (χ2v) is 10.4. The van der Waals surface area contributed by atoms with Gasteiger partial charge in [-0.2, -0.15) is 0 Å². The Kier molecular flexibility index (Phi) is 4.70. The van der Waals surface area contributed by atoms with Gasteiger partial charge in [0.1, 0.15) is 10.0 Å². The van der Waals surface area contributed by atoms with Crippen LogP contribution in [0.25, 0.3) is 11.1 Å². The molecule has 2 aromatic heterocycles. The van der Waals surface area contributed by atoms with E-state index in [1.807, 2.05) is 30.6 Å². The Labute approximate surface area is 163 Å². The number of fused-ring (bicyclic) bond motifs is 1. The van der Waals surface area contributed by atoms with Crippen LogP contribution in [0.5, 0.6) is 0 Å². The van der Waals surface area contributed by atoms with Crippen LogP contribution in [0.2, 0.25) is 0 Å². The van der Waals surface area contributed by atoms with E-state index < -0.39 is 10.0 Å². The summed E-state index contributed by atoms with van der Waals surface area (Å²) in [6, 6.07) is 10.4. The zero-order valence-electron chi connectivity index (χ0n) is 15.4. The lowest BCUT2D eigenvalue weighted by atomic mass is 10.0. The third-order valence-electron chi connectivity index (χ3n) is 4.95. The minimum absolute atomic E-state index is 0.253. The number of sulfonamides is 1. The first kappa shape index (κ1) is 18.4. The number of hydrogen-bond donors (Lipinski definition) is 1. The van der Waals surface area contributed by atoms with Crippen LogP contribution >= 0.6 is 11.3 Å². The van der Waals surface area contributed by atoms with E-state index in [0.29, 0.717) is 17.5 Å². The fraction of sp³-hybridized carbons (Fsp3) is 0.350. The summed E-state index contributed by atoms with van der Waals surface area (Å²) in [7, 11) is -3.75. The first-order chi connectivity index (χ1) is 12.8. The van der Waals surface area contributed by atoms with E-state index in [9.17, 15) is 8.42 Å². The highest BCUT2D eigenvalue weighted by atomic mass is 32.2. The van der Waals surface area contributed by atoms with E-state index in [1.165, 1.54) is 16.9 Å². The van der Waals surface area contributed by atoms with Crippen molar-refractivity contribution >= 4 is 21.4 Å². The molecule has 0 spiro atoms. The van der Waals surface area contributed by atoms with Crippen LogP contribution in [-0.4, -0.2) is 18.0 Å². The molecular formula is C20H23N3O2S2. The van der Waals surface area contributed by atoms with Crippen LogP contribution in [0.3, 0.4) is 0 Å². The Morgan fingerprint density at radius 2 is 2.04 bits per heavy atom. The van der Waals surface area contributed by atoms with Gasteiger partial charge in [0.25, 0.3) is 0 Å². The van der Waals surface area contributed by atoms with Gasteiger partial charge in [-0.25, -0.2) is 18.5 Å². The first-order valence-corrected chi connectivity index (χ1v) is 11.5. The Morgan fingerprint density at radius 1 is 1.30 bits per heavy atom. The Balaban J connectivity index is 1.69. The van der Waals surface area contributed by atoms with Gasteiger partial charge in [-0.3, -0.25) is 0 Å². The summed E-state index contributed by atoms with van der Waals surface area (Å²) in [5, 5.41) is 5.48. The van der Waals surface area contributed by atoms with Crippen LogP contribution in [0, 0.1) is 5.92 Å². The van der Waals surface area contributed by atoms with E-state index in [0.717, 1.165) is 35.5 Å². The molecule has 5 nitrogen and oxygen atoms in total. The second kappa shape index (κ2) is 6.89. The van der Waals surface area contributed by atoms with Gasteiger partial charge < -0.3 is 4.57 Å². The Hall–Kier alpha value is -1.96. The van der Waals surface area contributed by atoms with Crippen LogP contribution in [0.1, 0.15) is 42.6 Å². The molecule has 1 aliphatic heterocycles. The molecule has 4 rings (SSSR count). The highest BCUT2D eigenvalue weighted by Crippen LogP contribution is 2.37. The van der Waals surface area contributed by atoms with Crippen molar-refractivity contribution in [3.8, 4) is 11.1 Å². The molecule has 2 N–H and O–H groups in total. The fourth-order valence-electron chi connectivity index (χ4n) is 3.78. The lowest BCUT2D eigenvalue weighted by Crippen LogP contribution is -2.11. The number of aryl methyl sites for hydroxylation is 1. The normalized spacial score (nSPS) is 16.8. The largest absolute Gasteiger partial charge is 0.327 e. The van der Waals surface area contributed by atoms with Gasteiger partial charge in [-0.05, 0) is 36.0 Å². The quantitative estimate of drug-likeness (QED) is 0.702. The Bertz CT molecular complexity index is 1060. The summed E-state index contributed by atoms with van der Waals surface area (Å²) in [6.07, 6.45) is 6.74. The summed E-state index contributed by atoms with van der Waals surface area (Å²) < 4.78 is 26.6. The predicted octanol–water partition coefficient (Wildman–Crippen LogP) is 3.99. The standard InChI is InChI=1S/C20H23N3O2S2/c1-13(2)11-16-12-17(20(26-16)27(21,24)25)14-3-5-15(6-4-14)18-7-8-19-22-9-10-23(18)19/h3-6,9-10,12-13,18H,7-8,11H2,1-2H3,(H2,21,24,25)/t18-/m0/s1. The van der Waals surface area contributed by atoms with Crippen molar-refractivity contribution in [3.05, 3.63) is 59.0 Å². The molecule has 1 aliphatic rings. The van der Waals surface area contributed by atoms with Crippen LogP contribution in [0.4, 0.5) is 0 Å². The van der Waals surface area contributed by atoms with Gasteiger partial charge in [0.15, 0.2) is 0 Å². The lowest BCUT2D eigenvalue weighted by Gasteiger charge is -2.14. The number of nitrogens with two attached hydrogens (primary N) is 1. The number of hydrogen-bond acceptors (Lipinski definition) is 4. The van der Waals surface area contributed by atoms with E-state index in [4.69, 9.17) is 5.14 Å². The van der Waals surface area contributed by atoms with Crippen molar-refractivity contribution in [2.45, 2.75) is 43.4 Å². The summed E-state index contributed by atoms with van der Waals surface area (Å²) in [4.78, 5) is 5.43. The highest BCUT2D eigenvalue weighted by Gasteiger charge is 2.24. The first-order valence-electron chi connectivity index (χ1n) is 9.10. The predicted molar refractivity (Wildman–Crippen MR) is 108 cm³/mol. The summed E-state index contributed by atoms with van der Waals surface area (Å²) in [5.74, 6) is 1.58. The molecule has 0 bridgehead atoms. The minimum Gasteiger partial charge on any atom is -0.327 e.